The molecular formula is C2H12CuN10O6. The van der Waals surface area contributed by atoms with Gasteiger partial charge >= 0.3 is 17.1 Å². The molecule has 0 heterocycles. The van der Waals surface area contributed by atoms with E-state index in [4.69, 9.17) is 53.6 Å². The van der Waals surface area contributed by atoms with Gasteiger partial charge in [-0.25, -0.2) is 0 Å². The molecule has 17 heteroatoms. The van der Waals surface area contributed by atoms with Gasteiger partial charge in [0, 0.05) is 0 Å². The van der Waals surface area contributed by atoms with Crippen LogP contribution in [0.4, 0.5) is 0 Å². The van der Waals surface area contributed by atoms with Gasteiger partial charge in [-0.1, -0.05) is 0 Å². The standard InChI is InChI=1S/2CH6N4.Cu.2NO3/c2*2-1(3)5-4;;2*2-1(3)4/h2*4H2,(H4,2,3,5);;;/q;;+2;2*-1. The molecule has 19 heavy (non-hydrogen) atoms. The van der Waals surface area contributed by atoms with Gasteiger partial charge < -0.3 is 65.3 Å². The van der Waals surface area contributed by atoms with Crippen LogP contribution in [-0.4, -0.2) is 22.1 Å². The van der Waals surface area contributed by atoms with E-state index in [1.54, 1.807) is 0 Å². The van der Waals surface area contributed by atoms with Crippen molar-refractivity contribution in [1.82, 2.24) is 0 Å². The average Bonchev–Trinajstić information content (AvgIpc) is 2.16. The molecule has 1 radical (unpaired) electrons. The van der Waals surface area contributed by atoms with E-state index < -0.39 is 10.2 Å². The maximum atomic E-state index is 8.25. The summed E-state index contributed by atoms with van der Waals surface area (Å²) in [5.41, 5.74) is 18.8. The van der Waals surface area contributed by atoms with Crippen molar-refractivity contribution < 1.29 is 27.2 Å². The summed E-state index contributed by atoms with van der Waals surface area (Å²) < 4.78 is 0. The summed E-state index contributed by atoms with van der Waals surface area (Å²) in [5.74, 6) is 8.83. The first-order chi connectivity index (χ1) is 8.00. The Labute approximate surface area is 115 Å². The van der Waals surface area contributed by atoms with Crippen LogP contribution in [0, 0.1) is 30.6 Å². The van der Waals surface area contributed by atoms with Crippen molar-refractivity contribution in [3.8, 4) is 0 Å². The average molecular weight is 336 g/mol. The maximum Gasteiger partial charge on any atom is 2.00 e. The fraction of sp³-hybridized carbons (Fsp3) is 0. The van der Waals surface area contributed by atoms with E-state index in [1.807, 2.05) is 0 Å². The second-order valence-corrected chi connectivity index (χ2v) is 1.56. The molecular weight excluding hydrogens is 324 g/mol. The van der Waals surface area contributed by atoms with E-state index in [-0.39, 0.29) is 29.0 Å². The Bertz CT molecular complexity index is 235. The van der Waals surface area contributed by atoms with Crippen LogP contribution >= 0.6 is 0 Å². The number of hydrogen-bond acceptors (Lipinski definition) is 10. The molecule has 0 spiro atoms. The van der Waals surface area contributed by atoms with Crippen LogP contribution in [0.5, 0.6) is 0 Å². The SMILES string of the molecule is NN=C(N)N.NN=C(N)N.O=[N+]([O-])[O-].O=[N+]([O-])[O-].[Cu+2]. The zero-order valence-electron chi connectivity index (χ0n) is 9.00. The summed E-state index contributed by atoms with van der Waals surface area (Å²) in [5, 5.41) is 35.2. The maximum absolute atomic E-state index is 8.25. The Balaban J connectivity index is -0.0000000453. The van der Waals surface area contributed by atoms with Gasteiger partial charge in [-0.05, 0) is 0 Å². The van der Waals surface area contributed by atoms with Crippen molar-refractivity contribution in [1.29, 1.82) is 0 Å². The molecule has 0 aromatic carbocycles. The first-order valence-electron chi connectivity index (χ1n) is 3.21. The topological polar surface area (TPSA) is 313 Å². The number of guanidine groups is 2. The molecule has 12 N–H and O–H groups in total. The molecule has 0 aromatic rings. The molecule has 117 valence electrons. The van der Waals surface area contributed by atoms with Gasteiger partial charge in [0.2, 0.25) is 11.9 Å². The van der Waals surface area contributed by atoms with Crippen LogP contribution in [0.1, 0.15) is 0 Å². The van der Waals surface area contributed by atoms with Gasteiger partial charge in [-0.3, -0.25) is 0 Å². The molecule has 0 atom stereocenters. The molecule has 0 aliphatic rings. The smallest absolute Gasteiger partial charge is 0.369 e. The van der Waals surface area contributed by atoms with E-state index in [0.29, 0.717) is 0 Å². The molecule has 16 nitrogen and oxygen atoms in total. The Hall–Kier alpha value is -2.94. The number of hydrazone groups is 2. The number of rotatable bonds is 0. The van der Waals surface area contributed by atoms with E-state index in [1.165, 1.54) is 0 Å². The van der Waals surface area contributed by atoms with E-state index in [0.717, 1.165) is 0 Å². The Morgan fingerprint density at radius 1 is 0.737 bits per heavy atom. The number of nitrogens with two attached hydrogens (primary N) is 6. The van der Waals surface area contributed by atoms with Crippen LogP contribution in [0.3, 0.4) is 0 Å². The molecule has 0 aliphatic carbocycles. The summed E-state index contributed by atoms with van der Waals surface area (Å²) in [6, 6.07) is 0. The van der Waals surface area contributed by atoms with Crippen molar-refractivity contribution in [3.63, 3.8) is 0 Å². The minimum Gasteiger partial charge on any atom is -0.369 e. The van der Waals surface area contributed by atoms with Crippen molar-refractivity contribution in [2.75, 3.05) is 0 Å². The minimum absolute atomic E-state index is 0. The van der Waals surface area contributed by atoms with Crippen LogP contribution < -0.4 is 34.6 Å². The third-order valence-corrected chi connectivity index (χ3v) is 0.298. The zero-order valence-corrected chi connectivity index (χ0v) is 9.95. The first kappa shape index (κ1) is 29.8. The normalized spacial score (nSPS) is 5.89. The van der Waals surface area contributed by atoms with Crippen molar-refractivity contribution in [2.24, 2.45) is 44.8 Å². The Morgan fingerprint density at radius 2 is 0.789 bits per heavy atom. The van der Waals surface area contributed by atoms with Crippen molar-refractivity contribution in [2.45, 2.75) is 0 Å². The molecule has 0 bridgehead atoms. The Morgan fingerprint density at radius 3 is 0.789 bits per heavy atom. The van der Waals surface area contributed by atoms with Gasteiger partial charge in [0.1, 0.15) is 0 Å². The van der Waals surface area contributed by atoms with Crippen molar-refractivity contribution in [3.05, 3.63) is 30.6 Å². The summed E-state index contributed by atoms with van der Waals surface area (Å²) in [6.45, 7) is 0. The fourth-order valence-electron chi connectivity index (χ4n) is 0. The Kier molecular flexibility index (Phi) is 38.1. The van der Waals surface area contributed by atoms with Crippen molar-refractivity contribution >= 4 is 11.9 Å². The van der Waals surface area contributed by atoms with Gasteiger partial charge in [0.25, 0.3) is 0 Å². The molecule has 0 saturated carbocycles. The second kappa shape index (κ2) is 24.3. The summed E-state index contributed by atoms with van der Waals surface area (Å²) in [6.07, 6.45) is 0. The molecule has 0 rings (SSSR count). The van der Waals surface area contributed by atoms with Crippen LogP contribution in [-0.2, 0) is 17.1 Å². The van der Waals surface area contributed by atoms with Crippen LogP contribution in [0.25, 0.3) is 0 Å². The van der Waals surface area contributed by atoms with Gasteiger partial charge in [-0.15, -0.1) is 10.2 Å². The quantitative estimate of drug-likeness (QED) is 0.0611. The fourth-order valence-corrected chi connectivity index (χ4v) is 0. The summed E-state index contributed by atoms with van der Waals surface area (Å²) in [7, 11) is 0. The predicted molar refractivity (Wildman–Crippen MR) is 60.7 cm³/mol. The van der Waals surface area contributed by atoms with E-state index in [2.05, 4.69) is 21.9 Å². The summed E-state index contributed by atoms with van der Waals surface area (Å²) >= 11 is 0. The molecule has 0 fully saturated rings. The second-order valence-electron chi connectivity index (χ2n) is 1.56. The monoisotopic (exact) mass is 335 g/mol. The first-order valence-corrected chi connectivity index (χ1v) is 3.21. The molecule has 0 aliphatic heterocycles. The molecule has 0 aromatic heterocycles. The third kappa shape index (κ3) is 2290. The van der Waals surface area contributed by atoms with Crippen LogP contribution in [0.15, 0.2) is 10.2 Å². The van der Waals surface area contributed by atoms with Gasteiger partial charge in [0.15, 0.2) is 0 Å². The number of nitrogens with zero attached hydrogens (tertiary/aromatic N) is 4. The third-order valence-electron chi connectivity index (χ3n) is 0.298. The predicted octanol–water partition coefficient (Wildman–Crippen LogP) is -4.21. The number of hydrogen-bond donors (Lipinski definition) is 6. The van der Waals surface area contributed by atoms with E-state index in [9.17, 15) is 0 Å². The molecule has 0 unspecified atom stereocenters. The molecule has 0 saturated heterocycles. The zero-order chi connectivity index (χ0) is 15.7. The largest absolute Gasteiger partial charge is 2.00 e. The summed E-state index contributed by atoms with van der Waals surface area (Å²) in [4.78, 5) is 16.5. The van der Waals surface area contributed by atoms with Gasteiger partial charge in [-0.2, -0.15) is 0 Å². The van der Waals surface area contributed by atoms with E-state index >= 15 is 0 Å². The van der Waals surface area contributed by atoms with Gasteiger partial charge in [0.05, 0.1) is 10.2 Å². The van der Waals surface area contributed by atoms with Crippen LogP contribution in [0.2, 0.25) is 0 Å². The minimum atomic E-state index is -1.75. The molecule has 0 amide bonds.